The molecular formula is C15H21NO3. The molecule has 1 aliphatic rings. The first-order valence-electron chi connectivity index (χ1n) is 6.87. The molecule has 3 N–H and O–H groups in total. The molecule has 0 bridgehead atoms. The zero-order valence-electron chi connectivity index (χ0n) is 11.0. The van der Waals surface area contributed by atoms with Crippen LogP contribution in [0.3, 0.4) is 0 Å². The van der Waals surface area contributed by atoms with Crippen LogP contribution in [-0.4, -0.2) is 34.4 Å². The Morgan fingerprint density at radius 1 is 1.26 bits per heavy atom. The van der Waals surface area contributed by atoms with Gasteiger partial charge in [-0.3, -0.25) is 10.1 Å². The monoisotopic (exact) mass is 263 g/mol. The first-order valence-corrected chi connectivity index (χ1v) is 6.87. The maximum absolute atomic E-state index is 11.3. The number of hydrogen-bond acceptors (Lipinski definition) is 3. The van der Waals surface area contributed by atoms with E-state index in [9.17, 15) is 15.0 Å². The van der Waals surface area contributed by atoms with Crippen LogP contribution < -0.4 is 5.32 Å². The minimum Gasteiger partial charge on any atom is -0.480 e. The van der Waals surface area contributed by atoms with Gasteiger partial charge in [-0.1, -0.05) is 43.2 Å². The van der Waals surface area contributed by atoms with Crippen LogP contribution in [0.1, 0.15) is 31.2 Å². The molecule has 1 aromatic rings. The fraction of sp³-hybridized carbons (Fsp3) is 0.533. The molecule has 2 rings (SSSR count). The molecule has 19 heavy (non-hydrogen) atoms. The molecule has 3 atom stereocenters. The Morgan fingerprint density at radius 2 is 1.95 bits per heavy atom. The first-order chi connectivity index (χ1) is 9.16. The lowest BCUT2D eigenvalue weighted by molar-refractivity contribution is -0.140. The van der Waals surface area contributed by atoms with E-state index in [1.54, 1.807) is 0 Å². The van der Waals surface area contributed by atoms with Crippen LogP contribution in [0.2, 0.25) is 0 Å². The number of carbonyl (C=O) groups is 1. The van der Waals surface area contributed by atoms with Crippen molar-refractivity contribution in [1.29, 1.82) is 0 Å². The summed E-state index contributed by atoms with van der Waals surface area (Å²) in [5.41, 5.74) is 0.993. The summed E-state index contributed by atoms with van der Waals surface area (Å²) in [6.07, 6.45) is 3.70. The van der Waals surface area contributed by atoms with E-state index in [0.717, 1.165) is 31.2 Å². The highest BCUT2D eigenvalue weighted by atomic mass is 16.4. The van der Waals surface area contributed by atoms with Crippen molar-refractivity contribution in [3.63, 3.8) is 0 Å². The molecule has 1 saturated carbocycles. The maximum atomic E-state index is 11.3. The number of carboxylic acids is 1. The van der Waals surface area contributed by atoms with E-state index >= 15 is 0 Å². The van der Waals surface area contributed by atoms with Gasteiger partial charge < -0.3 is 10.2 Å². The molecule has 0 aromatic heterocycles. The maximum Gasteiger partial charge on any atom is 0.321 e. The third-order valence-corrected chi connectivity index (χ3v) is 3.73. The Balaban J connectivity index is 1.98. The molecule has 0 amide bonds. The number of hydrogen-bond donors (Lipinski definition) is 3. The SMILES string of the molecule is O=C(O)C(Cc1ccccc1)NC1CCCCC1O. The second-order valence-electron chi connectivity index (χ2n) is 5.21. The Kier molecular flexibility index (Phi) is 4.93. The predicted molar refractivity (Wildman–Crippen MR) is 73.0 cm³/mol. The molecule has 0 aliphatic heterocycles. The molecule has 0 spiro atoms. The summed E-state index contributed by atoms with van der Waals surface area (Å²) in [6.45, 7) is 0. The van der Waals surface area contributed by atoms with E-state index in [2.05, 4.69) is 5.32 Å². The van der Waals surface area contributed by atoms with E-state index in [0.29, 0.717) is 6.42 Å². The van der Waals surface area contributed by atoms with Crippen molar-refractivity contribution in [2.75, 3.05) is 0 Å². The van der Waals surface area contributed by atoms with Gasteiger partial charge in [0.1, 0.15) is 6.04 Å². The van der Waals surface area contributed by atoms with Crippen molar-refractivity contribution in [2.45, 2.75) is 50.3 Å². The third kappa shape index (κ3) is 4.04. The highest BCUT2D eigenvalue weighted by Crippen LogP contribution is 2.19. The molecular weight excluding hydrogens is 242 g/mol. The first kappa shape index (κ1) is 14.0. The normalized spacial score (nSPS) is 24.9. The van der Waals surface area contributed by atoms with Crippen molar-refractivity contribution in [2.24, 2.45) is 0 Å². The molecule has 3 unspecified atom stereocenters. The molecule has 1 aliphatic carbocycles. The Labute approximate surface area is 113 Å². The Bertz CT molecular complexity index is 407. The largest absolute Gasteiger partial charge is 0.480 e. The van der Waals surface area contributed by atoms with Gasteiger partial charge in [0.2, 0.25) is 0 Å². The van der Waals surface area contributed by atoms with Crippen molar-refractivity contribution >= 4 is 5.97 Å². The molecule has 1 aromatic carbocycles. The van der Waals surface area contributed by atoms with Crippen LogP contribution in [0.15, 0.2) is 30.3 Å². The van der Waals surface area contributed by atoms with Crippen molar-refractivity contribution in [1.82, 2.24) is 5.32 Å². The second kappa shape index (κ2) is 6.68. The molecule has 1 fully saturated rings. The third-order valence-electron chi connectivity index (χ3n) is 3.73. The van der Waals surface area contributed by atoms with Gasteiger partial charge in [0.15, 0.2) is 0 Å². The molecule has 0 heterocycles. The number of benzene rings is 1. The Hall–Kier alpha value is -1.39. The highest BCUT2D eigenvalue weighted by Gasteiger charge is 2.28. The highest BCUT2D eigenvalue weighted by molar-refractivity contribution is 5.74. The molecule has 104 valence electrons. The van der Waals surface area contributed by atoms with Crippen molar-refractivity contribution in [3.8, 4) is 0 Å². The smallest absolute Gasteiger partial charge is 0.321 e. The van der Waals surface area contributed by atoms with Gasteiger partial charge in [-0.25, -0.2) is 0 Å². The van der Waals surface area contributed by atoms with Crippen molar-refractivity contribution < 1.29 is 15.0 Å². The summed E-state index contributed by atoms with van der Waals surface area (Å²) < 4.78 is 0. The summed E-state index contributed by atoms with van der Waals surface area (Å²) in [5.74, 6) is -0.860. The van der Waals surface area contributed by atoms with Crippen LogP contribution in [0, 0.1) is 0 Å². The second-order valence-corrected chi connectivity index (χ2v) is 5.21. The average Bonchev–Trinajstić information content (AvgIpc) is 2.41. The fourth-order valence-electron chi connectivity index (χ4n) is 2.63. The standard InChI is InChI=1S/C15H21NO3/c17-14-9-5-4-8-12(14)16-13(15(18)19)10-11-6-2-1-3-7-11/h1-3,6-7,12-14,16-17H,4-5,8-10H2,(H,18,19). The summed E-state index contributed by atoms with van der Waals surface area (Å²) in [5, 5.41) is 22.3. The quantitative estimate of drug-likeness (QED) is 0.754. The van der Waals surface area contributed by atoms with Gasteiger partial charge in [-0.2, -0.15) is 0 Å². The summed E-state index contributed by atoms with van der Waals surface area (Å²) >= 11 is 0. The summed E-state index contributed by atoms with van der Waals surface area (Å²) in [4.78, 5) is 11.3. The minimum absolute atomic E-state index is 0.0986. The van der Waals surface area contributed by atoms with Gasteiger partial charge in [-0.15, -0.1) is 0 Å². The van der Waals surface area contributed by atoms with Gasteiger partial charge in [0.05, 0.1) is 6.10 Å². The number of aliphatic carboxylic acids is 1. The van der Waals surface area contributed by atoms with Crippen LogP contribution in [0.25, 0.3) is 0 Å². The number of carboxylic acid groups (broad SMARTS) is 1. The van der Waals surface area contributed by atoms with E-state index in [-0.39, 0.29) is 6.04 Å². The molecule has 0 saturated heterocycles. The van der Waals surface area contributed by atoms with Gasteiger partial charge in [-0.05, 0) is 24.8 Å². The number of rotatable bonds is 5. The lowest BCUT2D eigenvalue weighted by atomic mass is 9.91. The average molecular weight is 263 g/mol. The van der Waals surface area contributed by atoms with Crippen LogP contribution in [-0.2, 0) is 11.2 Å². The van der Waals surface area contributed by atoms with E-state index in [4.69, 9.17) is 0 Å². The number of aliphatic hydroxyl groups excluding tert-OH is 1. The molecule has 4 nitrogen and oxygen atoms in total. The van der Waals surface area contributed by atoms with Gasteiger partial charge >= 0.3 is 5.97 Å². The summed E-state index contributed by atoms with van der Waals surface area (Å²) in [7, 11) is 0. The predicted octanol–water partition coefficient (Wildman–Crippen LogP) is 1.58. The lowest BCUT2D eigenvalue weighted by Gasteiger charge is -2.31. The Morgan fingerprint density at radius 3 is 2.58 bits per heavy atom. The fourth-order valence-corrected chi connectivity index (χ4v) is 2.63. The topological polar surface area (TPSA) is 69.6 Å². The zero-order chi connectivity index (χ0) is 13.7. The zero-order valence-corrected chi connectivity index (χ0v) is 11.0. The summed E-state index contributed by atoms with van der Waals surface area (Å²) in [6, 6.07) is 8.84. The van der Waals surface area contributed by atoms with E-state index in [1.165, 1.54) is 0 Å². The van der Waals surface area contributed by atoms with Crippen LogP contribution in [0.4, 0.5) is 0 Å². The van der Waals surface area contributed by atoms with Gasteiger partial charge in [0, 0.05) is 6.04 Å². The number of nitrogens with one attached hydrogen (secondary N) is 1. The molecule has 4 heteroatoms. The van der Waals surface area contributed by atoms with Crippen molar-refractivity contribution in [3.05, 3.63) is 35.9 Å². The van der Waals surface area contributed by atoms with Crippen LogP contribution in [0.5, 0.6) is 0 Å². The van der Waals surface area contributed by atoms with E-state index in [1.807, 2.05) is 30.3 Å². The number of aliphatic hydroxyl groups is 1. The lowest BCUT2D eigenvalue weighted by Crippen LogP contribution is -2.50. The van der Waals surface area contributed by atoms with Crippen LogP contribution >= 0.6 is 0 Å². The van der Waals surface area contributed by atoms with E-state index < -0.39 is 18.1 Å². The molecule has 0 radical (unpaired) electrons. The van der Waals surface area contributed by atoms with Gasteiger partial charge in [0.25, 0.3) is 0 Å². The minimum atomic E-state index is -0.860.